The van der Waals surface area contributed by atoms with Crippen LogP contribution >= 0.6 is 0 Å². The lowest BCUT2D eigenvalue weighted by atomic mass is 10.2. The Hall–Kier alpha value is -2.64. The molecule has 0 amide bonds. The number of carbonyl (C=O) groups is 1. The zero-order valence-corrected chi connectivity index (χ0v) is 10.2. The first-order valence-electron chi connectivity index (χ1n) is 5.51. The molecule has 0 aliphatic rings. The normalized spacial score (nSPS) is 11.2. The smallest absolute Gasteiger partial charge is 0.419 e. The van der Waals surface area contributed by atoms with Crippen LogP contribution < -0.4 is 4.74 Å². The van der Waals surface area contributed by atoms with Crippen molar-refractivity contribution in [2.45, 2.75) is 6.18 Å². The molecule has 8 heteroatoms. The van der Waals surface area contributed by atoms with E-state index >= 15 is 0 Å². The van der Waals surface area contributed by atoms with Crippen molar-refractivity contribution in [1.82, 2.24) is 4.98 Å². The summed E-state index contributed by atoms with van der Waals surface area (Å²) < 4.78 is 55.9. The van der Waals surface area contributed by atoms with Crippen LogP contribution in [0.5, 0.6) is 11.5 Å². The third-order valence-corrected chi connectivity index (χ3v) is 2.43. The minimum absolute atomic E-state index is 0.0258. The Kier molecular flexibility index (Phi) is 3.79. The molecule has 0 saturated carbocycles. The largest absolute Gasteiger partial charge is 0.477 e. The number of carboxylic acids is 1. The monoisotopic (exact) mass is 301 g/mol. The zero-order valence-electron chi connectivity index (χ0n) is 10.2. The first kappa shape index (κ1) is 14.8. The van der Waals surface area contributed by atoms with E-state index in [9.17, 15) is 22.4 Å². The molecular formula is C13H7F4NO3. The molecule has 1 heterocycles. The number of aromatic nitrogens is 1. The highest BCUT2D eigenvalue weighted by Gasteiger charge is 2.34. The lowest BCUT2D eigenvalue weighted by Gasteiger charge is -2.11. The van der Waals surface area contributed by atoms with Crippen LogP contribution in [0.15, 0.2) is 36.5 Å². The summed E-state index contributed by atoms with van der Waals surface area (Å²) in [5.74, 6) is -3.03. The molecule has 0 aliphatic heterocycles. The number of halogens is 4. The zero-order chi connectivity index (χ0) is 15.6. The minimum atomic E-state index is -4.85. The number of alkyl halides is 3. The highest BCUT2D eigenvalue weighted by molar-refractivity contribution is 5.85. The van der Waals surface area contributed by atoms with Gasteiger partial charge >= 0.3 is 12.1 Å². The van der Waals surface area contributed by atoms with Gasteiger partial charge in [-0.25, -0.2) is 14.2 Å². The first-order valence-corrected chi connectivity index (χ1v) is 5.51. The van der Waals surface area contributed by atoms with E-state index in [0.29, 0.717) is 12.1 Å². The lowest BCUT2D eigenvalue weighted by molar-refractivity contribution is -0.140. The Bertz CT molecular complexity index is 685. The molecule has 0 atom stereocenters. The average Bonchev–Trinajstić information content (AvgIpc) is 2.40. The molecule has 0 bridgehead atoms. The Morgan fingerprint density at radius 3 is 2.43 bits per heavy atom. The van der Waals surface area contributed by atoms with Crippen LogP contribution in [0.25, 0.3) is 0 Å². The summed E-state index contributed by atoms with van der Waals surface area (Å²) in [5, 5.41) is 8.75. The maximum Gasteiger partial charge on any atom is 0.419 e. The number of nitrogens with zero attached hydrogens (tertiary/aromatic N) is 1. The van der Waals surface area contributed by atoms with Crippen LogP contribution in [0.1, 0.15) is 16.1 Å². The molecule has 21 heavy (non-hydrogen) atoms. The van der Waals surface area contributed by atoms with Gasteiger partial charge in [0.25, 0.3) is 0 Å². The van der Waals surface area contributed by atoms with E-state index in [2.05, 4.69) is 4.98 Å². The molecule has 2 rings (SSSR count). The highest BCUT2D eigenvalue weighted by atomic mass is 19.4. The van der Waals surface area contributed by atoms with Gasteiger partial charge in [0.05, 0.1) is 5.56 Å². The fourth-order valence-corrected chi connectivity index (χ4v) is 1.51. The van der Waals surface area contributed by atoms with Gasteiger partial charge in [0.2, 0.25) is 0 Å². The summed E-state index contributed by atoms with van der Waals surface area (Å²) in [7, 11) is 0. The fraction of sp³-hybridized carbons (Fsp3) is 0.0769. The maximum absolute atomic E-state index is 13.1. The van der Waals surface area contributed by atoms with Crippen molar-refractivity contribution in [2.24, 2.45) is 0 Å². The Morgan fingerprint density at radius 1 is 1.14 bits per heavy atom. The van der Waals surface area contributed by atoms with Crippen LogP contribution in [0.4, 0.5) is 17.6 Å². The molecule has 1 aromatic heterocycles. The molecule has 1 aromatic carbocycles. The topological polar surface area (TPSA) is 59.4 Å². The highest BCUT2D eigenvalue weighted by Crippen LogP contribution is 2.34. The van der Waals surface area contributed by atoms with Gasteiger partial charge in [-0.15, -0.1) is 0 Å². The van der Waals surface area contributed by atoms with Crippen molar-refractivity contribution >= 4 is 5.97 Å². The molecule has 0 aliphatic carbocycles. The van der Waals surface area contributed by atoms with E-state index in [1.807, 2.05) is 0 Å². The maximum atomic E-state index is 13.1. The summed E-state index contributed by atoms with van der Waals surface area (Å²) in [6.07, 6.45) is -3.72. The third-order valence-electron chi connectivity index (χ3n) is 2.43. The lowest BCUT2D eigenvalue weighted by Crippen LogP contribution is -2.08. The van der Waals surface area contributed by atoms with Gasteiger partial charge in [-0.3, -0.25) is 0 Å². The van der Waals surface area contributed by atoms with E-state index in [-0.39, 0.29) is 17.2 Å². The van der Waals surface area contributed by atoms with E-state index in [1.165, 1.54) is 6.07 Å². The van der Waals surface area contributed by atoms with Crippen molar-refractivity contribution in [1.29, 1.82) is 0 Å². The van der Waals surface area contributed by atoms with E-state index in [0.717, 1.165) is 18.3 Å². The molecular weight excluding hydrogens is 294 g/mol. The van der Waals surface area contributed by atoms with Crippen molar-refractivity contribution in [2.75, 3.05) is 0 Å². The van der Waals surface area contributed by atoms with Crippen molar-refractivity contribution in [3.05, 3.63) is 53.6 Å². The van der Waals surface area contributed by atoms with Crippen molar-refractivity contribution in [3.63, 3.8) is 0 Å². The van der Waals surface area contributed by atoms with Crippen molar-refractivity contribution in [3.8, 4) is 11.5 Å². The minimum Gasteiger partial charge on any atom is -0.477 e. The van der Waals surface area contributed by atoms with Gasteiger partial charge in [-0.05, 0) is 24.3 Å². The van der Waals surface area contributed by atoms with Crippen LogP contribution in [0.3, 0.4) is 0 Å². The Balaban J connectivity index is 2.32. The molecule has 110 valence electrons. The van der Waals surface area contributed by atoms with Gasteiger partial charge in [0, 0.05) is 12.3 Å². The van der Waals surface area contributed by atoms with E-state index in [4.69, 9.17) is 9.84 Å². The van der Waals surface area contributed by atoms with Gasteiger partial charge in [0.1, 0.15) is 17.3 Å². The number of benzene rings is 1. The predicted molar refractivity (Wildman–Crippen MR) is 62.7 cm³/mol. The standard InChI is InChI=1S/C13H7F4NO3/c14-10-2-1-7(5-9(10)13(15,16)17)21-8-3-4-18-11(6-8)12(19)20/h1-6H,(H,19,20). The van der Waals surface area contributed by atoms with Crippen LogP contribution in [-0.4, -0.2) is 16.1 Å². The molecule has 0 radical (unpaired) electrons. The van der Waals surface area contributed by atoms with Gasteiger partial charge in [0.15, 0.2) is 5.69 Å². The van der Waals surface area contributed by atoms with Crippen LogP contribution in [0.2, 0.25) is 0 Å². The number of hydrogen-bond acceptors (Lipinski definition) is 3. The molecule has 0 spiro atoms. The SMILES string of the molecule is O=C(O)c1cc(Oc2ccc(F)c(C(F)(F)F)c2)ccn1. The molecule has 4 nitrogen and oxygen atoms in total. The number of carboxylic acid groups (broad SMARTS) is 1. The average molecular weight is 301 g/mol. The Labute approximate surface area is 115 Å². The van der Waals surface area contributed by atoms with Gasteiger partial charge in [-0.2, -0.15) is 13.2 Å². The summed E-state index contributed by atoms with van der Waals surface area (Å²) in [5.41, 5.74) is -1.79. The summed E-state index contributed by atoms with van der Waals surface area (Å²) in [6, 6.07) is 4.43. The molecule has 1 N–H and O–H groups in total. The van der Waals surface area contributed by atoms with Crippen LogP contribution in [-0.2, 0) is 6.18 Å². The number of rotatable bonds is 3. The summed E-state index contributed by atoms with van der Waals surface area (Å²) >= 11 is 0. The first-order chi connectivity index (χ1) is 9.77. The van der Waals surface area contributed by atoms with Gasteiger partial charge in [-0.1, -0.05) is 0 Å². The fourth-order valence-electron chi connectivity index (χ4n) is 1.51. The quantitative estimate of drug-likeness (QED) is 0.878. The summed E-state index contributed by atoms with van der Waals surface area (Å²) in [4.78, 5) is 14.3. The molecule has 0 unspecified atom stereocenters. The van der Waals surface area contributed by atoms with E-state index in [1.54, 1.807) is 0 Å². The second kappa shape index (κ2) is 5.39. The number of pyridine rings is 1. The third kappa shape index (κ3) is 3.47. The van der Waals surface area contributed by atoms with E-state index < -0.39 is 23.5 Å². The van der Waals surface area contributed by atoms with Gasteiger partial charge < -0.3 is 9.84 Å². The van der Waals surface area contributed by atoms with Crippen LogP contribution in [0, 0.1) is 5.82 Å². The molecule has 0 fully saturated rings. The van der Waals surface area contributed by atoms with Crippen molar-refractivity contribution < 1.29 is 32.2 Å². The summed E-state index contributed by atoms with van der Waals surface area (Å²) in [6.45, 7) is 0. The Morgan fingerprint density at radius 2 is 1.81 bits per heavy atom. The number of aromatic carboxylic acids is 1. The predicted octanol–water partition coefficient (Wildman–Crippen LogP) is 3.73. The molecule has 2 aromatic rings. The molecule has 0 saturated heterocycles. The second-order valence-electron chi connectivity index (χ2n) is 3.92. The number of ether oxygens (including phenoxy) is 1. The number of hydrogen-bond donors (Lipinski definition) is 1. The second-order valence-corrected chi connectivity index (χ2v) is 3.92.